The van der Waals surface area contributed by atoms with E-state index in [4.69, 9.17) is 15.2 Å². The Balaban J connectivity index is 3.61. The number of hydrogen-bond acceptors (Lipinski definition) is 5. The maximum atomic E-state index is 11.4. The first kappa shape index (κ1) is 15.8. The van der Waals surface area contributed by atoms with Crippen LogP contribution in [0.15, 0.2) is 0 Å². The van der Waals surface area contributed by atoms with E-state index in [1.165, 1.54) is 7.11 Å². The van der Waals surface area contributed by atoms with E-state index >= 15 is 0 Å². The maximum absolute atomic E-state index is 11.4. The van der Waals surface area contributed by atoms with Gasteiger partial charge in [0.1, 0.15) is 6.10 Å². The van der Waals surface area contributed by atoms with Crippen LogP contribution in [0, 0.1) is 0 Å². The third-order valence-corrected chi connectivity index (χ3v) is 2.07. The molecule has 17 heavy (non-hydrogen) atoms. The van der Waals surface area contributed by atoms with Gasteiger partial charge in [0.15, 0.2) is 0 Å². The van der Waals surface area contributed by atoms with Gasteiger partial charge in [-0.1, -0.05) is 0 Å². The molecule has 2 amide bonds. The molecule has 0 aliphatic rings. The van der Waals surface area contributed by atoms with Crippen molar-refractivity contribution in [2.45, 2.75) is 12.5 Å². The SMILES string of the molecule is COCCNC(=O)CCNC(=O)C(CN)OC. The van der Waals surface area contributed by atoms with Gasteiger partial charge in [0.2, 0.25) is 11.8 Å². The largest absolute Gasteiger partial charge is 0.383 e. The first-order valence-electron chi connectivity index (χ1n) is 5.41. The number of amides is 2. The zero-order valence-corrected chi connectivity index (χ0v) is 10.3. The number of hydrogen-bond donors (Lipinski definition) is 3. The zero-order valence-electron chi connectivity index (χ0n) is 10.3. The van der Waals surface area contributed by atoms with E-state index in [1.54, 1.807) is 7.11 Å². The zero-order chi connectivity index (χ0) is 13.1. The van der Waals surface area contributed by atoms with Gasteiger partial charge in [-0.3, -0.25) is 9.59 Å². The Kier molecular flexibility index (Phi) is 9.31. The van der Waals surface area contributed by atoms with Gasteiger partial charge in [-0.2, -0.15) is 0 Å². The Labute approximate surface area is 101 Å². The average Bonchev–Trinajstić information content (AvgIpc) is 2.31. The van der Waals surface area contributed by atoms with Crippen LogP contribution in [0.4, 0.5) is 0 Å². The average molecular weight is 247 g/mol. The molecule has 0 aromatic carbocycles. The molecule has 7 heteroatoms. The summed E-state index contributed by atoms with van der Waals surface area (Å²) in [6.45, 7) is 1.31. The molecule has 1 atom stereocenters. The molecule has 0 aromatic heterocycles. The fourth-order valence-corrected chi connectivity index (χ4v) is 1.10. The van der Waals surface area contributed by atoms with Crippen LogP contribution < -0.4 is 16.4 Å². The van der Waals surface area contributed by atoms with Crippen molar-refractivity contribution in [1.29, 1.82) is 0 Å². The summed E-state index contributed by atoms with van der Waals surface area (Å²) in [6.07, 6.45) is -0.442. The van der Waals surface area contributed by atoms with Crippen molar-refractivity contribution in [2.75, 3.05) is 40.5 Å². The molecule has 7 nitrogen and oxygen atoms in total. The quantitative estimate of drug-likeness (QED) is 0.418. The van der Waals surface area contributed by atoms with Gasteiger partial charge in [0.05, 0.1) is 6.61 Å². The van der Waals surface area contributed by atoms with E-state index in [0.29, 0.717) is 13.2 Å². The number of methoxy groups -OCH3 is 2. The molecule has 0 fully saturated rings. The minimum atomic E-state index is -0.661. The van der Waals surface area contributed by atoms with Crippen LogP contribution >= 0.6 is 0 Å². The van der Waals surface area contributed by atoms with E-state index in [-0.39, 0.29) is 31.3 Å². The molecule has 0 spiro atoms. The van der Waals surface area contributed by atoms with Gasteiger partial charge < -0.3 is 25.8 Å². The minimum absolute atomic E-state index is 0.113. The number of ether oxygens (including phenoxy) is 2. The molecule has 100 valence electrons. The summed E-state index contributed by atoms with van der Waals surface area (Å²) in [4.78, 5) is 22.6. The summed E-state index contributed by atoms with van der Waals surface area (Å²) in [5.41, 5.74) is 5.32. The molecule has 0 aliphatic heterocycles. The first-order valence-corrected chi connectivity index (χ1v) is 5.41. The lowest BCUT2D eigenvalue weighted by Crippen LogP contribution is -2.42. The summed E-state index contributed by atoms with van der Waals surface area (Å²) in [7, 11) is 2.97. The predicted molar refractivity (Wildman–Crippen MR) is 62.4 cm³/mol. The molecule has 0 heterocycles. The second kappa shape index (κ2) is 10.0. The summed E-state index contributed by atoms with van der Waals surface area (Å²) >= 11 is 0. The van der Waals surface area contributed by atoms with Gasteiger partial charge >= 0.3 is 0 Å². The lowest BCUT2D eigenvalue weighted by Gasteiger charge is -2.12. The Hall–Kier alpha value is -1.18. The minimum Gasteiger partial charge on any atom is -0.383 e. The Bertz CT molecular complexity index is 232. The smallest absolute Gasteiger partial charge is 0.250 e. The highest BCUT2D eigenvalue weighted by Gasteiger charge is 2.14. The third-order valence-electron chi connectivity index (χ3n) is 2.07. The lowest BCUT2D eigenvalue weighted by molar-refractivity contribution is -0.130. The topological polar surface area (TPSA) is 103 Å². The van der Waals surface area contributed by atoms with Crippen LogP contribution in [0.2, 0.25) is 0 Å². The second-order valence-electron chi connectivity index (χ2n) is 3.34. The maximum Gasteiger partial charge on any atom is 0.250 e. The van der Waals surface area contributed by atoms with Gasteiger partial charge in [-0.15, -0.1) is 0 Å². The third kappa shape index (κ3) is 7.67. The molecule has 0 aliphatic carbocycles. The molecule has 0 rings (SSSR count). The van der Waals surface area contributed by atoms with Crippen LogP contribution in [0.5, 0.6) is 0 Å². The normalized spacial score (nSPS) is 11.9. The molecule has 0 saturated carbocycles. The predicted octanol–water partition coefficient (Wildman–Crippen LogP) is -1.77. The van der Waals surface area contributed by atoms with Crippen molar-refractivity contribution in [2.24, 2.45) is 5.73 Å². The van der Waals surface area contributed by atoms with Crippen molar-refractivity contribution in [3.63, 3.8) is 0 Å². The highest BCUT2D eigenvalue weighted by molar-refractivity contribution is 5.82. The standard InChI is InChI=1S/C10H21N3O4/c1-16-6-5-12-9(14)3-4-13-10(15)8(7-11)17-2/h8H,3-7,11H2,1-2H3,(H,12,14)(H,13,15). The monoisotopic (exact) mass is 247 g/mol. The molecular weight excluding hydrogens is 226 g/mol. The molecular formula is C10H21N3O4. The number of carbonyl (C=O) groups is 2. The second-order valence-corrected chi connectivity index (χ2v) is 3.34. The van der Waals surface area contributed by atoms with Crippen LogP contribution in [0.1, 0.15) is 6.42 Å². The number of nitrogens with two attached hydrogens (primary N) is 1. The first-order chi connectivity index (χ1) is 8.15. The van der Waals surface area contributed by atoms with Crippen molar-refractivity contribution in [3.8, 4) is 0 Å². The van der Waals surface area contributed by atoms with Crippen LogP contribution in [-0.2, 0) is 19.1 Å². The van der Waals surface area contributed by atoms with Crippen LogP contribution in [-0.4, -0.2) is 58.4 Å². The molecule has 0 bridgehead atoms. The highest BCUT2D eigenvalue weighted by Crippen LogP contribution is 1.87. The van der Waals surface area contributed by atoms with E-state index in [9.17, 15) is 9.59 Å². The lowest BCUT2D eigenvalue weighted by atomic mass is 10.3. The summed E-state index contributed by atoms with van der Waals surface area (Å²) in [5, 5.41) is 5.21. The molecule has 4 N–H and O–H groups in total. The van der Waals surface area contributed by atoms with Crippen molar-refractivity contribution in [3.05, 3.63) is 0 Å². The van der Waals surface area contributed by atoms with E-state index in [0.717, 1.165) is 0 Å². The van der Waals surface area contributed by atoms with Crippen molar-refractivity contribution < 1.29 is 19.1 Å². The van der Waals surface area contributed by atoms with E-state index in [2.05, 4.69) is 10.6 Å². The summed E-state index contributed by atoms with van der Waals surface area (Å²) in [5.74, 6) is -0.441. The Morgan fingerprint density at radius 2 is 1.94 bits per heavy atom. The molecule has 0 saturated heterocycles. The van der Waals surface area contributed by atoms with Crippen LogP contribution in [0.25, 0.3) is 0 Å². The summed E-state index contributed by atoms with van der Waals surface area (Å²) < 4.78 is 9.62. The highest BCUT2D eigenvalue weighted by atomic mass is 16.5. The molecule has 0 radical (unpaired) electrons. The Morgan fingerprint density at radius 3 is 2.47 bits per heavy atom. The van der Waals surface area contributed by atoms with Crippen molar-refractivity contribution >= 4 is 11.8 Å². The van der Waals surface area contributed by atoms with Crippen LogP contribution in [0.3, 0.4) is 0 Å². The van der Waals surface area contributed by atoms with Crippen molar-refractivity contribution in [1.82, 2.24) is 10.6 Å². The van der Waals surface area contributed by atoms with Gasteiger partial charge in [-0.05, 0) is 0 Å². The van der Waals surface area contributed by atoms with E-state index in [1.807, 2.05) is 0 Å². The van der Waals surface area contributed by atoms with Gasteiger partial charge in [0.25, 0.3) is 0 Å². The molecule has 1 unspecified atom stereocenters. The fraction of sp³-hybridized carbons (Fsp3) is 0.800. The Morgan fingerprint density at radius 1 is 1.24 bits per heavy atom. The summed E-state index contributed by atoms with van der Waals surface area (Å²) in [6, 6.07) is 0. The number of nitrogens with one attached hydrogen (secondary N) is 2. The fourth-order valence-electron chi connectivity index (χ4n) is 1.10. The number of carbonyl (C=O) groups excluding carboxylic acids is 2. The van der Waals surface area contributed by atoms with Gasteiger partial charge in [0, 0.05) is 40.3 Å². The van der Waals surface area contributed by atoms with Gasteiger partial charge in [-0.25, -0.2) is 0 Å². The van der Waals surface area contributed by atoms with E-state index < -0.39 is 6.10 Å². The molecule has 0 aromatic rings. The number of rotatable bonds is 9.